The van der Waals surface area contributed by atoms with E-state index in [0.29, 0.717) is 12.2 Å². The molecule has 3 nitrogen and oxygen atoms in total. The Morgan fingerprint density at radius 1 is 1.12 bits per heavy atom. The van der Waals surface area contributed by atoms with E-state index in [2.05, 4.69) is 28.1 Å². The van der Waals surface area contributed by atoms with E-state index in [0.717, 1.165) is 40.6 Å². The highest BCUT2D eigenvalue weighted by atomic mass is 79.9. The van der Waals surface area contributed by atoms with E-state index in [1.807, 2.05) is 31.2 Å². The van der Waals surface area contributed by atoms with Crippen LogP contribution in [0.1, 0.15) is 47.7 Å². The lowest BCUT2D eigenvalue weighted by molar-refractivity contribution is 0.0526. The van der Waals surface area contributed by atoms with Crippen LogP contribution in [0, 0.1) is 0 Å². The highest BCUT2D eigenvalue weighted by Gasteiger charge is 2.21. The van der Waals surface area contributed by atoms with E-state index in [1.165, 1.54) is 11.1 Å². The molecule has 0 heterocycles. The highest BCUT2D eigenvalue weighted by Crippen LogP contribution is 2.43. The maximum Gasteiger partial charge on any atom is 0.338 e. The summed E-state index contributed by atoms with van der Waals surface area (Å²) in [5, 5.41) is 0. The van der Waals surface area contributed by atoms with Crippen LogP contribution in [-0.4, -0.2) is 19.7 Å². The van der Waals surface area contributed by atoms with Crippen molar-refractivity contribution in [2.45, 2.75) is 26.2 Å². The molecule has 1 aliphatic rings. The summed E-state index contributed by atoms with van der Waals surface area (Å²) in [5.41, 5.74) is 5.37. The maximum atomic E-state index is 12.0. The third-order valence-electron chi connectivity index (χ3n) is 4.43. The van der Waals surface area contributed by atoms with Gasteiger partial charge in [-0.25, -0.2) is 4.79 Å². The number of benzene rings is 2. The molecule has 0 saturated heterocycles. The lowest BCUT2D eigenvalue weighted by Gasteiger charge is -2.13. The van der Waals surface area contributed by atoms with Gasteiger partial charge in [0, 0.05) is 10.0 Å². The first-order chi connectivity index (χ1) is 12.1. The van der Waals surface area contributed by atoms with Gasteiger partial charge < -0.3 is 9.47 Å². The van der Waals surface area contributed by atoms with Crippen molar-refractivity contribution in [2.24, 2.45) is 0 Å². The van der Waals surface area contributed by atoms with Gasteiger partial charge in [0.15, 0.2) is 0 Å². The lowest BCUT2D eigenvalue weighted by Crippen LogP contribution is -2.04. The molecule has 0 aliphatic heterocycles. The Labute approximate surface area is 156 Å². The predicted octanol–water partition coefficient (Wildman–Crippen LogP) is 5.73. The zero-order chi connectivity index (χ0) is 17.8. The maximum absolute atomic E-state index is 12.0. The van der Waals surface area contributed by atoms with E-state index < -0.39 is 0 Å². The topological polar surface area (TPSA) is 35.5 Å². The molecule has 0 fully saturated rings. The fraction of sp³-hybridized carbons (Fsp3) is 0.286. The van der Waals surface area contributed by atoms with E-state index in [1.54, 1.807) is 13.2 Å². The van der Waals surface area contributed by atoms with Gasteiger partial charge in [-0.15, -0.1) is 0 Å². The summed E-state index contributed by atoms with van der Waals surface area (Å²) in [6.07, 6.45) is 3.10. The van der Waals surface area contributed by atoms with E-state index in [9.17, 15) is 4.79 Å². The molecule has 4 heteroatoms. The minimum Gasteiger partial charge on any atom is -0.496 e. The zero-order valence-electron chi connectivity index (χ0n) is 14.5. The first-order valence-electron chi connectivity index (χ1n) is 8.47. The molecule has 3 rings (SSSR count). The number of halogens is 1. The Bertz CT molecular complexity index is 824. The van der Waals surface area contributed by atoms with Crippen molar-refractivity contribution < 1.29 is 14.3 Å². The Kier molecular flexibility index (Phi) is 5.59. The fourth-order valence-corrected chi connectivity index (χ4v) is 3.68. The summed E-state index contributed by atoms with van der Waals surface area (Å²) >= 11 is 3.56. The van der Waals surface area contributed by atoms with Crippen LogP contribution in [-0.2, 0) is 4.74 Å². The number of carbonyl (C=O) groups excluding carboxylic acids is 1. The first-order valence-corrected chi connectivity index (χ1v) is 9.26. The second-order valence-corrected chi connectivity index (χ2v) is 6.87. The Morgan fingerprint density at radius 2 is 1.92 bits per heavy atom. The van der Waals surface area contributed by atoms with Crippen molar-refractivity contribution >= 4 is 33.0 Å². The second kappa shape index (κ2) is 7.87. The molecule has 2 aromatic carbocycles. The molecule has 0 N–H and O–H groups in total. The third-order valence-corrected chi connectivity index (χ3v) is 4.92. The summed E-state index contributed by atoms with van der Waals surface area (Å²) in [6, 6.07) is 13.8. The molecule has 2 aromatic rings. The summed E-state index contributed by atoms with van der Waals surface area (Å²) in [6.45, 7) is 2.20. The van der Waals surface area contributed by atoms with Crippen LogP contribution >= 0.6 is 15.9 Å². The van der Waals surface area contributed by atoms with E-state index in [-0.39, 0.29) is 5.97 Å². The van der Waals surface area contributed by atoms with Crippen molar-refractivity contribution in [3.8, 4) is 5.75 Å². The van der Waals surface area contributed by atoms with Gasteiger partial charge in [-0.05, 0) is 73.2 Å². The van der Waals surface area contributed by atoms with Gasteiger partial charge in [0.05, 0.1) is 19.3 Å². The van der Waals surface area contributed by atoms with Gasteiger partial charge in [-0.1, -0.05) is 28.1 Å². The molecule has 0 atom stereocenters. The molecular weight excluding hydrogens is 380 g/mol. The third kappa shape index (κ3) is 3.79. The minimum absolute atomic E-state index is 0.274. The van der Waals surface area contributed by atoms with Gasteiger partial charge in [0.25, 0.3) is 0 Å². The molecule has 0 saturated carbocycles. The van der Waals surface area contributed by atoms with Crippen LogP contribution in [0.2, 0.25) is 0 Å². The van der Waals surface area contributed by atoms with Gasteiger partial charge in [0.1, 0.15) is 5.75 Å². The monoisotopic (exact) mass is 400 g/mol. The minimum atomic E-state index is -0.274. The number of rotatable bonds is 5. The first kappa shape index (κ1) is 17.7. The summed E-state index contributed by atoms with van der Waals surface area (Å²) < 4.78 is 11.7. The molecular formula is C21H21BrO3. The smallest absolute Gasteiger partial charge is 0.338 e. The molecule has 0 amide bonds. The van der Waals surface area contributed by atoms with E-state index in [4.69, 9.17) is 9.47 Å². The molecule has 0 unspecified atom stereocenters. The average molecular weight is 401 g/mol. The van der Waals surface area contributed by atoms with Crippen molar-refractivity contribution in [1.82, 2.24) is 0 Å². The molecule has 0 spiro atoms. The van der Waals surface area contributed by atoms with Crippen LogP contribution < -0.4 is 4.74 Å². The Hall–Kier alpha value is -2.07. The summed E-state index contributed by atoms with van der Waals surface area (Å²) in [7, 11) is 1.70. The lowest BCUT2D eigenvalue weighted by atomic mass is 9.95. The number of hydrogen-bond donors (Lipinski definition) is 0. The Balaban J connectivity index is 2.07. The Morgan fingerprint density at radius 3 is 2.68 bits per heavy atom. The molecule has 25 heavy (non-hydrogen) atoms. The molecule has 0 aromatic heterocycles. The molecule has 130 valence electrons. The normalized spacial score (nSPS) is 13.9. The molecule has 0 bridgehead atoms. The molecule has 1 aliphatic carbocycles. The van der Waals surface area contributed by atoms with Crippen molar-refractivity contribution in [3.63, 3.8) is 0 Å². The zero-order valence-corrected chi connectivity index (χ0v) is 16.1. The second-order valence-electron chi connectivity index (χ2n) is 5.96. The highest BCUT2D eigenvalue weighted by molar-refractivity contribution is 9.10. The number of carbonyl (C=O) groups is 1. The van der Waals surface area contributed by atoms with Crippen LogP contribution in [0.25, 0.3) is 11.1 Å². The number of ether oxygens (including phenoxy) is 2. The van der Waals surface area contributed by atoms with Crippen molar-refractivity contribution in [3.05, 3.63) is 63.6 Å². The SMILES string of the molecule is CCOC(=O)c1cccc(C2=C(c3cc(Br)ccc3OC)CCC2)c1. The fourth-order valence-electron chi connectivity index (χ4n) is 3.32. The van der Waals surface area contributed by atoms with Crippen LogP contribution in [0.4, 0.5) is 0 Å². The largest absolute Gasteiger partial charge is 0.496 e. The summed E-state index contributed by atoms with van der Waals surface area (Å²) in [4.78, 5) is 12.0. The number of allylic oxidation sites excluding steroid dienone is 2. The van der Waals surface area contributed by atoms with Crippen LogP contribution in [0.15, 0.2) is 46.9 Å². The molecule has 0 radical (unpaired) electrons. The number of methoxy groups -OCH3 is 1. The standard InChI is InChI=1S/C21H21BrO3/c1-3-25-21(23)15-7-4-6-14(12-15)17-8-5-9-18(17)19-13-16(22)10-11-20(19)24-2/h4,6-7,10-13H,3,5,8-9H2,1-2H3. The van der Waals surface area contributed by atoms with Crippen molar-refractivity contribution in [1.29, 1.82) is 0 Å². The van der Waals surface area contributed by atoms with Gasteiger partial charge in [-0.2, -0.15) is 0 Å². The quantitative estimate of drug-likeness (QED) is 0.601. The van der Waals surface area contributed by atoms with Crippen molar-refractivity contribution in [2.75, 3.05) is 13.7 Å². The predicted molar refractivity (Wildman–Crippen MR) is 104 cm³/mol. The van der Waals surface area contributed by atoms with Crippen LogP contribution in [0.3, 0.4) is 0 Å². The van der Waals surface area contributed by atoms with E-state index >= 15 is 0 Å². The number of hydrogen-bond acceptors (Lipinski definition) is 3. The van der Waals surface area contributed by atoms with Gasteiger partial charge in [0.2, 0.25) is 0 Å². The average Bonchev–Trinajstić information content (AvgIpc) is 3.11. The number of esters is 1. The van der Waals surface area contributed by atoms with Crippen LogP contribution in [0.5, 0.6) is 5.75 Å². The van der Waals surface area contributed by atoms with Gasteiger partial charge >= 0.3 is 5.97 Å². The van der Waals surface area contributed by atoms with Gasteiger partial charge in [-0.3, -0.25) is 0 Å². The summed E-state index contributed by atoms with van der Waals surface area (Å²) in [5.74, 6) is 0.601.